The first kappa shape index (κ1) is 16.8. The summed E-state index contributed by atoms with van der Waals surface area (Å²) in [5.74, 6) is 0.940. The Labute approximate surface area is 162 Å². The molecule has 3 aromatic heterocycles. The van der Waals surface area contributed by atoms with E-state index in [1.807, 2.05) is 0 Å². The molecular formula is C21H24N4OS. The Morgan fingerprint density at radius 3 is 2.93 bits per heavy atom. The van der Waals surface area contributed by atoms with Crippen molar-refractivity contribution in [2.24, 2.45) is 0 Å². The summed E-state index contributed by atoms with van der Waals surface area (Å²) in [4.78, 5) is 6.04. The van der Waals surface area contributed by atoms with Crippen LogP contribution >= 0.6 is 11.3 Å². The fourth-order valence-electron chi connectivity index (χ4n) is 3.92. The number of piperidine rings is 1. The number of aromatic nitrogens is 3. The largest absolute Gasteiger partial charge is 0.494 e. The van der Waals surface area contributed by atoms with E-state index >= 15 is 0 Å². The molecule has 5 rings (SSSR count). The lowest BCUT2D eigenvalue weighted by molar-refractivity contribution is 0.205. The van der Waals surface area contributed by atoms with Gasteiger partial charge in [0.2, 0.25) is 0 Å². The summed E-state index contributed by atoms with van der Waals surface area (Å²) in [6, 6.07) is 10.5. The van der Waals surface area contributed by atoms with Crippen molar-refractivity contribution in [3.8, 4) is 17.1 Å². The molecule has 0 atom stereocenters. The van der Waals surface area contributed by atoms with Gasteiger partial charge in [0.25, 0.3) is 0 Å². The zero-order valence-corrected chi connectivity index (χ0v) is 16.1. The lowest BCUT2D eigenvalue weighted by Crippen LogP contribution is -2.31. The highest BCUT2D eigenvalue weighted by Crippen LogP contribution is 2.32. The Bertz CT molecular complexity index is 1040. The molecule has 0 aliphatic carbocycles. The molecule has 0 amide bonds. The van der Waals surface area contributed by atoms with Gasteiger partial charge in [-0.2, -0.15) is 5.10 Å². The van der Waals surface area contributed by atoms with E-state index in [1.54, 1.807) is 11.3 Å². The summed E-state index contributed by atoms with van der Waals surface area (Å²) < 4.78 is 7.19. The van der Waals surface area contributed by atoms with Crippen molar-refractivity contribution in [2.45, 2.75) is 25.7 Å². The van der Waals surface area contributed by atoms with Gasteiger partial charge in [-0.05, 0) is 68.1 Å². The molecule has 1 saturated heterocycles. The first-order valence-electron chi connectivity index (χ1n) is 9.77. The molecule has 4 aromatic rings. The molecule has 0 unspecified atom stereocenters. The van der Waals surface area contributed by atoms with Gasteiger partial charge >= 0.3 is 0 Å². The quantitative estimate of drug-likeness (QED) is 0.461. The predicted molar refractivity (Wildman–Crippen MR) is 112 cm³/mol. The van der Waals surface area contributed by atoms with Gasteiger partial charge in [-0.25, -0.2) is 0 Å². The Hall–Kier alpha value is -2.31. The van der Waals surface area contributed by atoms with E-state index in [1.165, 1.54) is 37.1 Å². The van der Waals surface area contributed by atoms with Crippen LogP contribution in [0.3, 0.4) is 0 Å². The van der Waals surface area contributed by atoms with Gasteiger partial charge < -0.3 is 14.6 Å². The molecule has 1 fully saturated rings. The third-order valence-corrected chi connectivity index (χ3v) is 6.27. The molecule has 5 nitrogen and oxygen atoms in total. The third-order valence-electron chi connectivity index (χ3n) is 5.35. The average molecular weight is 381 g/mol. The van der Waals surface area contributed by atoms with E-state index in [9.17, 15) is 0 Å². The lowest BCUT2D eigenvalue weighted by Gasteiger charge is -2.26. The summed E-state index contributed by atoms with van der Waals surface area (Å²) in [5.41, 5.74) is 4.23. The Balaban J connectivity index is 1.26. The fourth-order valence-corrected chi connectivity index (χ4v) is 4.77. The van der Waals surface area contributed by atoms with Crippen LogP contribution in [0.2, 0.25) is 0 Å². The first-order valence-corrected chi connectivity index (χ1v) is 10.6. The Morgan fingerprint density at radius 2 is 2.00 bits per heavy atom. The number of nitrogens with one attached hydrogen (secondary N) is 2. The van der Waals surface area contributed by atoms with Crippen molar-refractivity contribution in [3.05, 3.63) is 35.7 Å². The van der Waals surface area contributed by atoms with Gasteiger partial charge in [-0.15, -0.1) is 11.3 Å². The smallest absolute Gasteiger partial charge is 0.126 e. The van der Waals surface area contributed by atoms with E-state index in [4.69, 9.17) is 4.74 Å². The maximum Gasteiger partial charge on any atom is 0.126 e. The number of nitrogens with zero attached hydrogens (tertiary/aromatic N) is 2. The second-order valence-electron chi connectivity index (χ2n) is 7.27. The number of fused-ring (bicyclic) bond motifs is 2. The number of aromatic amines is 2. The maximum atomic E-state index is 6.00. The molecule has 1 aliphatic heterocycles. The fraction of sp³-hybridized carbons (Fsp3) is 0.381. The van der Waals surface area contributed by atoms with E-state index < -0.39 is 0 Å². The molecular weight excluding hydrogens is 356 g/mol. The molecule has 2 N–H and O–H groups in total. The molecule has 1 aliphatic rings. The monoisotopic (exact) mass is 380 g/mol. The van der Waals surface area contributed by atoms with E-state index in [-0.39, 0.29) is 0 Å². The van der Waals surface area contributed by atoms with Crippen LogP contribution in [0.1, 0.15) is 25.7 Å². The van der Waals surface area contributed by atoms with Crippen molar-refractivity contribution in [2.75, 3.05) is 26.2 Å². The molecule has 0 saturated carbocycles. The van der Waals surface area contributed by atoms with Gasteiger partial charge in [0.05, 0.1) is 22.5 Å². The molecule has 27 heavy (non-hydrogen) atoms. The molecule has 4 heterocycles. The molecule has 1 aromatic carbocycles. The standard InChI is InChI=1S/C21H24N4OS/c1-2-8-25(9-3-1)10-4-11-26-16-5-6-17-15(13-16)14-19(22-17)20-21-18(23-24-20)7-12-27-21/h5-7,12-14,22H,1-4,8-11H2,(H,23,24). The first-order chi connectivity index (χ1) is 13.4. The number of thiophene rings is 1. The zero-order valence-electron chi connectivity index (χ0n) is 15.3. The van der Waals surface area contributed by atoms with Gasteiger partial charge in [0.15, 0.2) is 0 Å². The van der Waals surface area contributed by atoms with Crippen molar-refractivity contribution in [1.29, 1.82) is 0 Å². The van der Waals surface area contributed by atoms with Crippen molar-refractivity contribution in [3.63, 3.8) is 0 Å². The van der Waals surface area contributed by atoms with Crippen LogP contribution in [0.4, 0.5) is 0 Å². The normalized spacial score (nSPS) is 15.7. The minimum Gasteiger partial charge on any atom is -0.494 e. The number of hydrogen-bond donors (Lipinski definition) is 2. The lowest BCUT2D eigenvalue weighted by atomic mass is 10.1. The third kappa shape index (κ3) is 3.47. The van der Waals surface area contributed by atoms with Gasteiger partial charge in [0, 0.05) is 17.4 Å². The summed E-state index contributed by atoms with van der Waals surface area (Å²) in [7, 11) is 0. The highest BCUT2D eigenvalue weighted by Gasteiger charge is 2.12. The van der Waals surface area contributed by atoms with Crippen molar-refractivity contribution in [1.82, 2.24) is 20.1 Å². The molecule has 0 bridgehead atoms. The predicted octanol–water partition coefficient (Wildman–Crippen LogP) is 5.03. The SMILES string of the molecule is c1cc2[nH]nc(-c3cc4cc(OCCCN5CCCCC5)ccc4[nH]3)c2s1. The molecule has 0 spiro atoms. The van der Waals surface area contributed by atoms with Crippen LogP contribution in [0.25, 0.3) is 32.5 Å². The minimum absolute atomic E-state index is 0.772. The average Bonchev–Trinajstić information content (AvgIpc) is 3.40. The van der Waals surface area contributed by atoms with Gasteiger partial charge in [-0.3, -0.25) is 5.10 Å². The van der Waals surface area contributed by atoms with Crippen LogP contribution in [-0.2, 0) is 0 Å². The second kappa shape index (κ2) is 7.37. The van der Waals surface area contributed by atoms with E-state index in [0.717, 1.165) is 53.1 Å². The number of benzene rings is 1. The van der Waals surface area contributed by atoms with Crippen molar-refractivity contribution >= 4 is 32.5 Å². The van der Waals surface area contributed by atoms with Crippen LogP contribution in [0.5, 0.6) is 5.75 Å². The zero-order chi connectivity index (χ0) is 18.1. The maximum absolute atomic E-state index is 6.00. The minimum atomic E-state index is 0.772. The summed E-state index contributed by atoms with van der Waals surface area (Å²) >= 11 is 1.71. The summed E-state index contributed by atoms with van der Waals surface area (Å²) in [6.07, 6.45) is 5.17. The molecule has 6 heteroatoms. The topological polar surface area (TPSA) is 56.9 Å². The molecule has 0 radical (unpaired) electrons. The number of ether oxygens (including phenoxy) is 1. The molecule has 140 valence electrons. The van der Waals surface area contributed by atoms with E-state index in [2.05, 4.69) is 55.8 Å². The number of H-pyrrole nitrogens is 2. The van der Waals surface area contributed by atoms with Gasteiger partial charge in [-0.1, -0.05) is 6.42 Å². The Kier molecular flexibility index (Phi) is 4.59. The van der Waals surface area contributed by atoms with E-state index in [0.29, 0.717) is 0 Å². The number of hydrogen-bond acceptors (Lipinski definition) is 4. The highest BCUT2D eigenvalue weighted by atomic mass is 32.1. The van der Waals surface area contributed by atoms with Crippen LogP contribution in [0.15, 0.2) is 35.7 Å². The Morgan fingerprint density at radius 1 is 1.07 bits per heavy atom. The summed E-state index contributed by atoms with van der Waals surface area (Å²) in [5, 5.41) is 10.8. The number of rotatable bonds is 6. The van der Waals surface area contributed by atoms with Crippen LogP contribution < -0.4 is 4.74 Å². The van der Waals surface area contributed by atoms with Crippen LogP contribution in [-0.4, -0.2) is 46.3 Å². The number of likely N-dealkylation sites (tertiary alicyclic amines) is 1. The highest BCUT2D eigenvalue weighted by molar-refractivity contribution is 7.17. The van der Waals surface area contributed by atoms with Crippen LogP contribution in [0, 0.1) is 0 Å². The second-order valence-corrected chi connectivity index (χ2v) is 8.19. The van der Waals surface area contributed by atoms with Crippen molar-refractivity contribution < 1.29 is 4.74 Å². The van der Waals surface area contributed by atoms with Gasteiger partial charge in [0.1, 0.15) is 11.4 Å². The summed E-state index contributed by atoms with van der Waals surface area (Å²) in [6.45, 7) is 4.42.